The lowest BCUT2D eigenvalue weighted by molar-refractivity contribution is 0.0688. The van der Waals surface area contributed by atoms with Crippen molar-refractivity contribution in [2.75, 3.05) is 13.3 Å². The third kappa shape index (κ3) is 3.34. The molecule has 1 saturated carbocycles. The number of sulfone groups is 1. The summed E-state index contributed by atoms with van der Waals surface area (Å²) in [6.45, 7) is 4.40. The van der Waals surface area contributed by atoms with E-state index in [-0.39, 0.29) is 11.9 Å². The highest BCUT2D eigenvalue weighted by Gasteiger charge is 2.37. The smallest absolute Gasteiger partial charge is 0.272 e. The van der Waals surface area contributed by atoms with Crippen LogP contribution in [-0.4, -0.2) is 53.6 Å². The average molecular weight is 327 g/mol. The van der Waals surface area contributed by atoms with E-state index in [0.717, 1.165) is 25.0 Å². The highest BCUT2D eigenvalue weighted by Crippen LogP contribution is 2.28. The van der Waals surface area contributed by atoms with Crippen LogP contribution in [0.25, 0.3) is 0 Å². The van der Waals surface area contributed by atoms with E-state index in [9.17, 15) is 13.2 Å². The molecule has 0 bridgehead atoms. The summed E-state index contributed by atoms with van der Waals surface area (Å²) < 4.78 is 25.7. The van der Waals surface area contributed by atoms with Crippen LogP contribution in [0.3, 0.4) is 0 Å². The van der Waals surface area contributed by atoms with Gasteiger partial charge in [0.2, 0.25) is 0 Å². The first-order chi connectivity index (χ1) is 10.3. The zero-order chi connectivity index (χ0) is 16.5. The minimum absolute atomic E-state index is 0.150. The van der Waals surface area contributed by atoms with Gasteiger partial charge in [0.15, 0.2) is 9.84 Å². The summed E-state index contributed by atoms with van der Waals surface area (Å²) in [6, 6.07) is 1.51. The number of rotatable bonds is 4. The zero-order valence-electron chi connectivity index (χ0n) is 13.7. The van der Waals surface area contributed by atoms with E-state index in [2.05, 4.69) is 5.10 Å². The van der Waals surface area contributed by atoms with Gasteiger partial charge in [-0.1, -0.05) is 12.8 Å². The number of hydrogen-bond acceptors (Lipinski definition) is 4. The average Bonchev–Trinajstić information content (AvgIpc) is 2.86. The molecule has 0 radical (unpaired) electrons. The highest BCUT2D eigenvalue weighted by atomic mass is 32.2. The minimum atomic E-state index is -3.16. The van der Waals surface area contributed by atoms with Crippen LogP contribution >= 0.6 is 0 Å². The van der Waals surface area contributed by atoms with Gasteiger partial charge < -0.3 is 4.90 Å². The number of aromatic nitrogens is 2. The molecular weight excluding hydrogens is 302 g/mol. The first kappa shape index (κ1) is 17.0. The number of carbonyl (C=O) groups is 1. The zero-order valence-corrected chi connectivity index (χ0v) is 14.6. The molecule has 1 amide bonds. The lowest BCUT2D eigenvalue weighted by Crippen LogP contribution is -2.49. The molecule has 1 heterocycles. The third-order valence-corrected chi connectivity index (χ3v) is 6.11. The molecule has 0 saturated heterocycles. The van der Waals surface area contributed by atoms with Crippen LogP contribution < -0.4 is 0 Å². The van der Waals surface area contributed by atoms with Gasteiger partial charge in [0.25, 0.3) is 5.91 Å². The summed E-state index contributed by atoms with van der Waals surface area (Å²) in [7, 11) is -1.46. The third-order valence-electron chi connectivity index (χ3n) is 4.46. The maximum atomic E-state index is 12.8. The van der Waals surface area contributed by atoms with Crippen molar-refractivity contribution >= 4 is 15.7 Å². The van der Waals surface area contributed by atoms with Crippen LogP contribution in [-0.2, 0) is 16.4 Å². The van der Waals surface area contributed by atoms with Crippen LogP contribution in [0.4, 0.5) is 0 Å². The second kappa shape index (κ2) is 6.40. The molecule has 0 aromatic carbocycles. The molecule has 124 valence electrons. The van der Waals surface area contributed by atoms with Crippen LogP contribution in [0.5, 0.6) is 0 Å². The summed E-state index contributed by atoms with van der Waals surface area (Å²) >= 11 is 0. The lowest BCUT2D eigenvalue weighted by atomic mass is 9.93. The fourth-order valence-electron chi connectivity index (χ4n) is 3.31. The summed E-state index contributed by atoms with van der Waals surface area (Å²) in [5.74, 6) is -0.150. The maximum absolute atomic E-state index is 12.8. The minimum Gasteiger partial charge on any atom is -0.336 e. The van der Waals surface area contributed by atoms with E-state index in [1.54, 1.807) is 22.7 Å². The summed E-state index contributed by atoms with van der Waals surface area (Å²) in [5, 5.41) is 3.83. The first-order valence-electron chi connectivity index (χ1n) is 7.76. The Hall–Kier alpha value is -1.37. The van der Waals surface area contributed by atoms with Gasteiger partial charge in [-0.3, -0.25) is 9.48 Å². The Morgan fingerprint density at radius 2 is 2.05 bits per heavy atom. The van der Waals surface area contributed by atoms with Crippen molar-refractivity contribution in [1.82, 2.24) is 14.7 Å². The number of nitrogens with zero attached hydrogens (tertiary/aromatic N) is 3. The van der Waals surface area contributed by atoms with Gasteiger partial charge in [-0.2, -0.15) is 5.10 Å². The van der Waals surface area contributed by atoms with E-state index in [0.29, 0.717) is 18.7 Å². The number of carbonyl (C=O) groups excluding carboxylic acids is 1. The molecule has 2 rings (SSSR count). The van der Waals surface area contributed by atoms with Crippen LogP contribution in [0.2, 0.25) is 0 Å². The van der Waals surface area contributed by atoms with Crippen molar-refractivity contribution < 1.29 is 13.2 Å². The largest absolute Gasteiger partial charge is 0.336 e. The highest BCUT2D eigenvalue weighted by molar-refractivity contribution is 7.91. The van der Waals surface area contributed by atoms with Crippen LogP contribution in [0.1, 0.15) is 48.8 Å². The molecule has 2 atom stereocenters. The number of aryl methyl sites for hydroxylation is 2. The second-order valence-electron chi connectivity index (χ2n) is 6.12. The van der Waals surface area contributed by atoms with E-state index in [1.165, 1.54) is 6.26 Å². The Balaban J connectivity index is 2.28. The van der Waals surface area contributed by atoms with Crippen LogP contribution in [0, 0.1) is 6.92 Å². The fraction of sp³-hybridized carbons (Fsp3) is 0.733. The molecule has 1 fully saturated rings. The van der Waals surface area contributed by atoms with E-state index < -0.39 is 15.1 Å². The van der Waals surface area contributed by atoms with Crippen molar-refractivity contribution in [2.24, 2.45) is 0 Å². The Labute approximate surface area is 132 Å². The standard InChI is InChI=1S/C15H25N3O3S/c1-5-18-13(10-11(2)16-18)15(19)17(3)12-8-6-7-9-14(12)22(4,20)21/h10,12,14H,5-9H2,1-4H3. The van der Waals surface area contributed by atoms with E-state index in [1.807, 2.05) is 13.8 Å². The molecule has 0 spiro atoms. The summed E-state index contributed by atoms with van der Waals surface area (Å²) in [6.07, 6.45) is 4.50. The predicted molar refractivity (Wildman–Crippen MR) is 85.6 cm³/mol. The topological polar surface area (TPSA) is 72.3 Å². The van der Waals surface area contributed by atoms with E-state index >= 15 is 0 Å². The molecular formula is C15H25N3O3S. The number of amides is 1. The maximum Gasteiger partial charge on any atom is 0.272 e. The molecule has 2 unspecified atom stereocenters. The molecule has 1 aromatic heterocycles. The SMILES string of the molecule is CCn1nc(C)cc1C(=O)N(C)C1CCCCC1S(C)(=O)=O. The van der Waals surface area contributed by atoms with Gasteiger partial charge in [-0.25, -0.2) is 8.42 Å². The van der Waals surface area contributed by atoms with Gasteiger partial charge in [-0.15, -0.1) is 0 Å². The van der Waals surface area contributed by atoms with Crippen molar-refractivity contribution in [3.63, 3.8) is 0 Å². The van der Waals surface area contributed by atoms with Gasteiger partial charge in [0.05, 0.1) is 10.9 Å². The first-order valence-corrected chi connectivity index (χ1v) is 9.71. The lowest BCUT2D eigenvalue weighted by Gasteiger charge is -2.36. The van der Waals surface area contributed by atoms with Crippen LogP contribution in [0.15, 0.2) is 6.07 Å². The Kier molecular flexibility index (Phi) is 4.94. The summed E-state index contributed by atoms with van der Waals surface area (Å²) in [4.78, 5) is 14.4. The molecule has 6 nitrogen and oxygen atoms in total. The quantitative estimate of drug-likeness (QED) is 0.843. The summed E-state index contributed by atoms with van der Waals surface area (Å²) in [5.41, 5.74) is 1.32. The Morgan fingerprint density at radius 3 is 2.64 bits per heavy atom. The van der Waals surface area contributed by atoms with Crippen molar-refractivity contribution in [3.05, 3.63) is 17.5 Å². The predicted octanol–water partition coefficient (Wildman–Crippen LogP) is 1.64. The fourth-order valence-corrected chi connectivity index (χ4v) is 4.79. The van der Waals surface area contributed by atoms with Gasteiger partial charge >= 0.3 is 0 Å². The molecule has 22 heavy (non-hydrogen) atoms. The van der Waals surface area contributed by atoms with E-state index in [4.69, 9.17) is 0 Å². The number of hydrogen-bond donors (Lipinski definition) is 0. The molecule has 1 aliphatic carbocycles. The Bertz CT molecular complexity index is 651. The second-order valence-corrected chi connectivity index (χ2v) is 8.39. The van der Waals surface area contributed by atoms with Crippen molar-refractivity contribution in [3.8, 4) is 0 Å². The normalized spacial score (nSPS) is 22.5. The monoisotopic (exact) mass is 327 g/mol. The molecule has 0 N–H and O–H groups in total. The molecule has 1 aliphatic rings. The molecule has 1 aromatic rings. The van der Waals surface area contributed by atoms with Gasteiger partial charge in [0.1, 0.15) is 5.69 Å². The molecule has 0 aliphatic heterocycles. The van der Waals surface area contributed by atoms with Crippen molar-refractivity contribution in [2.45, 2.75) is 57.4 Å². The Morgan fingerprint density at radius 1 is 1.41 bits per heavy atom. The van der Waals surface area contributed by atoms with Crippen molar-refractivity contribution in [1.29, 1.82) is 0 Å². The van der Waals surface area contributed by atoms with Gasteiger partial charge in [-0.05, 0) is 32.8 Å². The van der Waals surface area contributed by atoms with Gasteiger partial charge in [0, 0.05) is 25.9 Å². The molecule has 7 heteroatoms.